The summed E-state index contributed by atoms with van der Waals surface area (Å²) in [4.78, 5) is 31.0. The largest absolute Gasteiger partial charge is 0.327 e. The number of nitrogens with zero attached hydrogens (tertiary/aromatic N) is 7. The quantitative estimate of drug-likeness (QED) is 0.160. The lowest BCUT2D eigenvalue weighted by molar-refractivity contribution is 0.0720. The molecule has 0 saturated carbocycles. The number of carbonyl (C=O) groups is 1. The molecule has 11 nitrogen and oxygen atoms in total. The zero-order chi connectivity index (χ0) is 35.1. The van der Waals surface area contributed by atoms with Crippen LogP contribution in [0.2, 0.25) is 0 Å². The second kappa shape index (κ2) is 15.3. The highest BCUT2D eigenvalue weighted by atomic mass is 32.2. The summed E-state index contributed by atoms with van der Waals surface area (Å²) in [6.45, 7) is 5.69. The lowest BCUT2D eigenvalue weighted by Crippen LogP contribution is -2.31. The lowest BCUT2D eigenvalue weighted by atomic mass is 10.1. The molecule has 3 aromatic heterocycles. The van der Waals surface area contributed by atoms with Gasteiger partial charge in [-0.15, -0.1) is 5.10 Å². The van der Waals surface area contributed by atoms with Crippen LogP contribution in [0.5, 0.6) is 0 Å². The number of carbonyl (C=O) groups excluding carboxylic acids is 1. The molecule has 0 aliphatic heterocycles. The van der Waals surface area contributed by atoms with Crippen LogP contribution in [0.4, 0.5) is 0 Å². The van der Waals surface area contributed by atoms with Crippen molar-refractivity contribution >= 4 is 15.7 Å². The summed E-state index contributed by atoms with van der Waals surface area (Å²) in [5.74, 6) is -0.244. The van der Waals surface area contributed by atoms with E-state index in [-0.39, 0.29) is 18.1 Å². The van der Waals surface area contributed by atoms with Crippen molar-refractivity contribution in [3.8, 4) is 16.9 Å². The maximum atomic E-state index is 13.9. The fourth-order valence-corrected chi connectivity index (χ4v) is 6.00. The van der Waals surface area contributed by atoms with Gasteiger partial charge in [-0.05, 0) is 73.8 Å². The first kappa shape index (κ1) is 34.3. The van der Waals surface area contributed by atoms with Crippen molar-refractivity contribution in [3.05, 3.63) is 149 Å². The molecular weight excluding hydrogens is 649 g/mol. The topological polar surface area (TPSA) is 136 Å². The van der Waals surface area contributed by atoms with Crippen molar-refractivity contribution in [1.82, 2.24) is 40.2 Å². The van der Waals surface area contributed by atoms with Crippen molar-refractivity contribution in [2.75, 3.05) is 12.8 Å². The van der Waals surface area contributed by atoms with Gasteiger partial charge in [0, 0.05) is 37.3 Å². The van der Waals surface area contributed by atoms with Crippen LogP contribution in [0.25, 0.3) is 16.9 Å². The third kappa shape index (κ3) is 8.70. The number of nitrogens with one attached hydrogen (secondary N) is 1. The van der Waals surface area contributed by atoms with Crippen LogP contribution in [0.3, 0.4) is 0 Å². The second-order valence-electron chi connectivity index (χ2n) is 12.2. The van der Waals surface area contributed by atoms with Gasteiger partial charge in [0.15, 0.2) is 15.5 Å². The number of hydrogen-bond donors (Lipinski definition) is 1. The maximum absolute atomic E-state index is 13.9. The van der Waals surface area contributed by atoms with E-state index in [9.17, 15) is 13.2 Å². The standard InChI is InChI=1S/C38H38N8O3S/c1-27-21-41-33(24-40-27)26-45(38(47)37-28(2)43-46(44-37)34-7-5-4-6-8-34)25-30-9-14-32(15-10-30)36-18-13-31(23-42-36)22-39-20-19-29-11-16-35(17-12-29)50(3,48)49/h4-18,21,23-24,39H,19-20,22,25-26H2,1-3H3. The van der Waals surface area contributed by atoms with Gasteiger partial charge in [0.2, 0.25) is 0 Å². The predicted octanol–water partition coefficient (Wildman–Crippen LogP) is 5.31. The minimum atomic E-state index is -3.19. The van der Waals surface area contributed by atoms with Gasteiger partial charge in [0.05, 0.1) is 46.1 Å². The van der Waals surface area contributed by atoms with Crippen LogP contribution < -0.4 is 5.32 Å². The zero-order valence-corrected chi connectivity index (χ0v) is 29.0. The first-order valence-corrected chi connectivity index (χ1v) is 18.1. The summed E-state index contributed by atoms with van der Waals surface area (Å²) in [7, 11) is -3.19. The zero-order valence-electron chi connectivity index (χ0n) is 28.2. The van der Waals surface area contributed by atoms with Gasteiger partial charge < -0.3 is 10.2 Å². The van der Waals surface area contributed by atoms with Gasteiger partial charge in [-0.3, -0.25) is 19.7 Å². The van der Waals surface area contributed by atoms with E-state index in [0.29, 0.717) is 29.4 Å². The number of hydrogen-bond acceptors (Lipinski definition) is 9. The molecule has 0 saturated heterocycles. The summed E-state index contributed by atoms with van der Waals surface area (Å²) in [6, 6.07) is 28.6. The highest BCUT2D eigenvalue weighted by Crippen LogP contribution is 2.21. The Morgan fingerprint density at radius 2 is 1.48 bits per heavy atom. The van der Waals surface area contributed by atoms with E-state index in [0.717, 1.165) is 52.3 Å². The molecule has 0 radical (unpaired) electrons. The Kier molecular flexibility index (Phi) is 10.5. The average Bonchev–Trinajstić information content (AvgIpc) is 3.52. The number of para-hydroxylation sites is 1. The Morgan fingerprint density at radius 3 is 2.14 bits per heavy atom. The van der Waals surface area contributed by atoms with Crippen molar-refractivity contribution in [1.29, 1.82) is 0 Å². The Morgan fingerprint density at radius 1 is 0.760 bits per heavy atom. The number of benzene rings is 3. The Labute approximate surface area is 292 Å². The monoisotopic (exact) mass is 686 g/mol. The Hall–Kier alpha value is -5.59. The van der Waals surface area contributed by atoms with Crippen LogP contribution in [0, 0.1) is 13.8 Å². The highest BCUT2D eigenvalue weighted by molar-refractivity contribution is 7.90. The number of pyridine rings is 1. The number of amides is 1. The fraction of sp³-hybridized carbons (Fsp3) is 0.211. The smallest absolute Gasteiger partial charge is 0.276 e. The molecule has 0 fully saturated rings. The van der Waals surface area contributed by atoms with Gasteiger partial charge >= 0.3 is 0 Å². The lowest BCUT2D eigenvalue weighted by Gasteiger charge is -2.22. The van der Waals surface area contributed by atoms with Gasteiger partial charge in [0.1, 0.15) is 0 Å². The molecular formula is C38H38N8O3S. The van der Waals surface area contributed by atoms with E-state index in [1.807, 2.05) is 85.9 Å². The van der Waals surface area contributed by atoms with Gasteiger partial charge in [-0.2, -0.15) is 9.90 Å². The molecule has 0 aliphatic rings. The van der Waals surface area contributed by atoms with E-state index in [2.05, 4.69) is 36.5 Å². The molecule has 12 heteroatoms. The van der Waals surface area contributed by atoms with Gasteiger partial charge in [0.25, 0.3) is 5.91 Å². The van der Waals surface area contributed by atoms with Crippen LogP contribution in [-0.4, -0.2) is 62.0 Å². The molecule has 50 heavy (non-hydrogen) atoms. The highest BCUT2D eigenvalue weighted by Gasteiger charge is 2.24. The van der Waals surface area contributed by atoms with Crippen molar-refractivity contribution in [2.45, 2.75) is 44.8 Å². The van der Waals surface area contributed by atoms with Crippen molar-refractivity contribution in [3.63, 3.8) is 0 Å². The molecule has 0 spiro atoms. The summed E-state index contributed by atoms with van der Waals surface area (Å²) in [5, 5.41) is 12.5. The summed E-state index contributed by atoms with van der Waals surface area (Å²) in [6.07, 6.45) is 7.26. The molecule has 254 valence electrons. The van der Waals surface area contributed by atoms with E-state index in [1.165, 1.54) is 11.1 Å². The molecule has 0 aliphatic carbocycles. The average molecular weight is 687 g/mol. The first-order chi connectivity index (χ1) is 24.1. The van der Waals surface area contributed by atoms with Crippen LogP contribution in [-0.2, 0) is 35.9 Å². The van der Waals surface area contributed by atoms with Crippen LogP contribution >= 0.6 is 0 Å². The second-order valence-corrected chi connectivity index (χ2v) is 14.2. The number of sulfone groups is 1. The molecule has 6 rings (SSSR count). The Balaban J connectivity index is 1.09. The number of aromatic nitrogens is 6. The normalized spacial score (nSPS) is 11.4. The Bertz CT molecular complexity index is 2150. The minimum Gasteiger partial charge on any atom is -0.327 e. The first-order valence-electron chi connectivity index (χ1n) is 16.2. The summed E-state index contributed by atoms with van der Waals surface area (Å²) >= 11 is 0. The molecule has 0 atom stereocenters. The number of rotatable bonds is 13. The molecule has 1 N–H and O–H groups in total. The third-order valence-electron chi connectivity index (χ3n) is 8.17. The molecule has 0 bridgehead atoms. The summed E-state index contributed by atoms with van der Waals surface area (Å²) < 4.78 is 23.3. The molecule has 6 aromatic rings. The molecule has 3 aromatic carbocycles. The molecule has 3 heterocycles. The summed E-state index contributed by atoms with van der Waals surface area (Å²) in [5.41, 5.74) is 7.98. The van der Waals surface area contributed by atoms with Crippen LogP contribution in [0.1, 0.15) is 44.3 Å². The van der Waals surface area contributed by atoms with E-state index in [1.54, 1.807) is 36.4 Å². The van der Waals surface area contributed by atoms with Crippen molar-refractivity contribution < 1.29 is 13.2 Å². The fourth-order valence-electron chi connectivity index (χ4n) is 5.37. The maximum Gasteiger partial charge on any atom is 0.276 e. The third-order valence-corrected chi connectivity index (χ3v) is 9.29. The van der Waals surface area contributed by atoms with Gasteiger partial charge in [-0.1, -0.05) is 60.7 Å². The minimum absolute atomic E-state index is 0.244. The predicted molar refractivity (Wildman–Crippen MR) is 191 cm³/mol. The van der Waals surface area contributed by atoms with Crippen LogP contribution in [0.15, 0.2) is 114 Å². The number of aryl methyl sites for hydroxylation is 2. The van der Waals surface area contributed by atoms with Gasteiger partial charge in [-0.25, -0.2) is 8.42 Å². The molecule has 0 unspecified atom stereocenters. The van der Waals surface area contributed by atoms with E-state index < -0.39 is 9.84 Å². The SMILES string of the molecule is Cc1cnc(CN(Cc2ccc(-c3ccc(CNCCc4ccc(S(C)(=O)=O)cc4)cn3)cc2)C(=O)c2nn(-c3ccccc3)nc2C)cn1. The molecule has 1 amide bonds. The van der Waals surface area contributed by atoms with E-state index >= 15 is 0 Å². The van der Waals surface area contributed by atoms with E-state index in [4.69, 9.17) is 0 Å². The van der Waals surface area contributed by atoms with Crippen molar-refractivity contribution in [2.24, 2.45) is 0 Å².